The first-order valence-corrected chi connectivity index (χ1v) is 10.8. The second kappa shape index (κ2) is 8.19. The second-order valence-electron chi connectivity index (χ2n) is 8.63. The quantitative estimate of drug-likeness (QED) is 0.668. The highest BCUT2D eigenvalue weighted by molar-refractivity contribution is 5.62. The molecule has 8 nitrogen and oxygen atoms in total. The Hall–Kier alpha value is -3.13. The molecule has 4 heterocycles. The first-order chi connectivity index (χ1) is 15.1. The third-order valence-electron chi connectivity index (χ3n) is 6.47. The van der Waals surface area contributed by atoms with Crippen LogP contribution in [0.2, 0.25) is 0 Å². The minimum absolute atomic E-state index is 0.0218. The number of aromatic nitrogens is 5. The summed E-state index contributed by atoms with van der Waals surface area (Å²) in [6, 6.07) is 6.01. The molecule has 2 N–H and O–H groups in total. The Morgan fingerprint density at radius 2 is 1.81 bits per heavy atom. The summed E-state index contributed by atoms with van der Waals surface area (Å²) in [7, 11) is 0. The van der Waals surface area contributed by atoms with Gasteiger partial charge in [0, 0.05) is 48.6 Å². The van der Waals surface area contributed by atoms with Gasteiger partial charge < -0.3 is 15.3 Å². The van der Waals surface area contributed by atoms with Crippen molar-refractivity contribution >= 4 is 11.8 Å². The zero-order valence-corrected chi connectivity index (χ0v) is 17.8. The molecular formula is C23H27N7O. The Morgan fingerprint density at radius 1 is 0.968 bits per heavy atom. The average Bonchev–Trinajstić information content (AvgIpc) is 3.17. The lowest BCUT2D eigenvalue weighted by molar-refractivity contribution is 0.0737. The molecule has 31 heavy (non-hydrogen) atoms. The molecule has 4 atom stereocenters. The summed E-state index contributed by atoms with van der Waals surface area (Å²) in [5.41, 5.74) is 3.91. The minimum atomic E-state index is -0.406. The maximum absolute atomic E-state index is 10.7. The van der Waals surface area contributed by atoms with Crippen LogP contribution in [-0.2, 0) is 0 Å². The molecule has 1 saturated heterocycles. The first-order valence-electron chi connectivity index (χ1n) is 10.8. The Bertz CT molecular complexity index is 1060. The predicted octanol–water partition coefficient (Wildman–Crippen LogP) is 2.63. The molecular weight excluding hydrogens is 390 g/mol. The monoisotopic (exact) mass is 417 g/mol. The largest absolute Gasteiger partial charge is 0.391 e. The van der Waals surface area contributed by atoms with E-state index in [9.17, 15) is 5.11 Å². The van der Waals surface area contributed by atoms with E-state index in [4.69, 9.17) is 4.98 Å². The lowest BCUT2D eigenvalue weighted by Gasteiger charge is -2.35. The van der Waals surface area contributed by atoms with Crippen molar-refractivity contribution in [3.05, 3.63) is 54.4 Å². The van der Waals surface area contributed by atoms with Gasteiger partial charge >= 0.3 is 0 Å². The van der Waals surface area contributed by atoms with Crippen molar-refractivity contribution in [3.8, 4) is 11.3 Å². The van der Waals surface area contributed by atoms with Gasteiger partial charge in [-0.3, -0.25) is 9.97 Å². The highest BCUT2D eigenvalue weighted by Crippen LogP contribution is 2.38. The van der Waals surface area contributed by atoms with E-state index in [-0.39, 0.29) is 6.04 Å². The highest BCUT2D eigenvalue weighted by Gasteiger charge is 2.42. The molecule has 2 fully saturated rings. The molecule has 0 aromatic carbocycles. The Balaban J connectivity index is 1.31. The normalized spacial score (nSPS) is 25.3. The molecule has 160 valence electrons. The number of nitrogens with one attached hydrogen (secondary N) is 1. The number of hydrogen-bond donors (Lipinski definition) is 2. The van der Waals surface area contributed by atoms with Gasteiger partial charge in [0.05, 0.1) is 24.0 Å². The molecule has 8 heteroatoms. The van der Waals surface area contributed by atoms with Gasteiger partial charge in [-0.15, -0.1) is 0 Å². The van der Waals surface area contributed by atoms with Crippen LogP contribution in [0.15, 0.2) is 43.0 Å². The topological polar surface area (TPSA) is 100.0 Å². The molecule has 0 unspecified atom stereocenters. The standard InChI is InChI=1S/C23H27N7O/c1-14-3-4-18(15(2)27-14)19-5-6-26-23(29-19)30-12-16-9-20(21(31)10-17(16)13-30)28-22-11-24-7-8-25-22/h3-8,11,16-17,20-21,31H,9-10,12-13H2,1-2H3,(H,25,28)/t16-,17+,20-,21-/m1/s1. The van der Waals surface area contributed by atoms with Crippen LogP contribution in [0.3, 0.4) is 0 Å². The summed E-state index contributed by atoms with van der Waals surface area (Å²) in [4.78, 5) is 24.6. The number of aliphatic hydroxyl groups is 1. The van der Waals surface area contributed by atoms with Gasteiger partial charge in [0.25, 0.3) is 0 Å². The van der Waals surface area contributed by atoms with E-state index in [1.807, 2.05) is 32.2 Å². The summed E-state index contributed by atoms with van der Waals surface area (Å²) >= 11 is 0. The number of hydrogen-bond acceptors (Lipinski definition) is 8. The lowest BCUT2D eigenvalue weighted by atomic mass is 9.77. The number of aliphatic hydroxyl groups excluding tert-OH is 1. The first kappa shape index (κ1) is 19.8. The van der Waals surface area contributed by atoms with Gasteiger partial charge in [-0.05, 0) is 56.7 Å². The van der Waals surface area contributed by atoms with Crippen molar-refractivity contribution in [1.29, 1.82) is 0 Å². The van der Waals surface area contributed by atoms with Crippen molar-refractivity contribution in [3.63, 3.8) is 0 Å². The number of pyridine rings is 1. The van der Waals surface area contributed by atoms with Gasteiger partial charge in [0.15, 0.2) is 0 Å². The number of fused-ring (bicyclic) bond motifs is 1. The van der Waals surface area contributed by atoms with Gasteiger partial charge in [-0.2, -0.15) is 0 Å². The number of aryl methyl sites for hydroxylation is 2. The van der Waals surface area contributed by atoms with Crippen LogP contribution in [0.4, 0.5) is 11.8 Å². The molecule has 2 aliphatic rings. The smallest absolute Gasteiger partial charge is 0.225 e. The van der Waals surface area contributed by atoms with E-state index in [1.165, 1.54) is 0 Å². The third-order valence-corrected chi connectivity index (χ3v) is 6.47. The van der Waals surface area contributed by atoms with Gasteiger partial charge in [-0.25, -0.2) is 15.0 Å². The molecule has 1 saturated carbocycles. The van der Waals surface area contributed by atoms with E-state index in [1.54, 1.807) is 18.6 Å². The summed E-state index contributed by atoms with van der Waals surface area (Å²) in [5, 5.41) is 14.1. The van der Waals surface area contributed by atoms with Crippen LogP contribution < -0.4 is 10.2 Å². The molecule has 1 aliphatic heterocycles. The van der Waals surface area contributed by atoms with E-state index >= 15 is 0 Å². The van der Waals surface area contributed by atoms with Crippen molar-refractivity contribution in [1.82, 2.24) is 24.9 Å². The fraction of sp³-hybridized carbons (Fsp3) is 0.435. The van der Waals surface area contributed by atoms with Gasteiger partial charge in [0.1, 0.15) is 5.82 Å². The van der Waals surface area contributed by atoms with Crippen LogP contribution in [0.1, 0.15) is 24.2 Å². The van der Waals surface area contributed by atoms with Crippen LogP contribution >= 0.6 is 0 Å². The Morgan fingerprint density at radius 3 is 2.58 bits per heavy atom. The molecule has 0 bridgehead atoms. The van der Waals surface area contributed by atoms with Gasteiger partial charge in [-0.1, -0.05) is 0 Å². The fourth-order valence-corrected chi connectivity index (χ4v) is 4.92. The van der Waals surface area contributed by atoms with Crippen LogP contribution in [0.25, 0.3) is 11.3 Å². The maximum atomic E-state index is 10.7. The molecule has 0 radical (unpaired) electrons. The fourth-order valence-electron chi connectivity index (χ4n) is 4.92. The van der Waals surface area contributed by atoms with Crippen LogP contribution in [-0.4, -0.2) is 55.3 Å². The summed E-state index contributed by atoms with van der Waals surface area (Å²) < 4.78 is 0. The van der Waals surface area contributed by atoms with Crippen molar-refractivity contribution in [2.24, 2.45) is 11.8 Å². The molecule has 3 aromatic rings. The van der Waals surface area contributed by atoms with Crippen molar-refractivity contribution in [2.75, 3.05) is 23.3 Å². The Labute approximate surface area is 181 Å². The molecule has 3 aromatic heterocycles. The molecule has 1 aliphatic carbocycles. The summed E-state index contributed by atoms with van der Waals surface area (Å²) in [6.45, 7) is 5.77. The SMILES string of the molecule is Cc1ccc(-c2ccnc(N3C[C@H]4C[C@@H](Nc5cnccn5)[C@H](O)C[C@H]4C3)n2)c(C)n1. The zero-order chi connectivity index (χ0) is 21.4. The van der Waals surface area contributed by atoms with E-state index < -0.39 is 6.10 Å². The molecule has 5 rings (SSSR count). The number of rotatable bonds is 4. The average molecular weight is 418 g/mol. The highest BCUT2D eigenvalue weighted by atomic mass is 16.3. The number of nitrogens with zero attached hydrogens (tertiary/aromatic N) is 6. The second-order valence-corrected chi connectivity index (χ2v) is 8.63. The zero-order valence-electron chi connectivity index (χ0n) is 17.8. The van der Waals surface area contributed by atoms with E-state index in [0.29, 0.717) is 17.7 Å². The van der Waals surface area contributed by atoms with E-state index in [0.717, 1.165) is 54.5 Å². The van der Waals surface area contributed by atoms with Crippen LogP contribution in [0.5, 0.6) is 0 Å². The minimum Gasteiger partial charge on any atom is -0.391 e. The molecule has 0 spiro atoms. The maximum Gasteiger partial charge on any atom is 0.225 e. The summed E-state index contributed by atoms with van der Waals surface area (Å²) in [6.07, 6.45) is 8.08. The molecule has 0 amide bonds. The van der Waals surface area contributed by atoms with Crippen molar-refractivity contribution in [2.45, 2.75) is 38.8 Å². The van der Waals surface area contributed by atoms with Gasteiger partial charge in [0.2, 0.25) is 5.95 Å². The lowest BCUT2D eigenvalue weighted by Crippen LogP contribution is -2.43. The summed E-state index contributed by atoms with van der Waals surface area (Å²) in [5.74, 6) is 2.37. The Kier molecular flexibility index (Phi) is 5.23. The van der Waals surface area contributed by atoms with Crippen molar-refractivity contribution < 1.29 is 5.11 Å². The van der Waals surface area contributed by atoms with Crippen LogP contribution in [0, 0.1) is 25.7 Å². The van der Waals surface area contributed by atoms with E-state index in [2.05, 4.69) is 36.2 Å². The third kappa shape index (κ3) is 4.07. The predicted molar refractivity (Wildman–Crippen MR) is 119 cm³/mol. The number of anilines is 2.